The van der Waals surface area contributed by atoms with Crippen LogP contribution in [0.4, 0.5) is 0 Å². The number of likely N-dealkylation sites (N-methyl/N-ethyl adjacent to an activating group) is 1. The maximum Gasteiger partial charge on any atom is 0.193 e. The Morgan fingerprint density at radius 2 is 2.07 bits per heavy atom. The van der Waals surface area contributed by atoms with E-state index in [2.05, 4.69) is 62.4 Å². The van der Waals surface area contributed by atoms with Gasteiger partial charge < -0.3 is 19.9 Å². The van der Waals surface area contributed by atoms with Crippen LogP contribution in [0.5, 0.6) is 0 Å². The molecule has 0 radical (unpaired) electrons. The van der Waals surface area contributed by atoms with E-state index in [4.69, 9.17) is 4.74 Å². The van der Waals surface area contributed by atoms with Gasteiger partial charge in [-0.05, 0) is 31.9 Å². The van der Waals surface area contributed by atoms with Gasteiger partial charge in [0.05, 0.1) is 6.61 Å². The molecule has 6 nitrogen and oxygen atoms in total. The fourth-order valence-corrected chi connectivity index (χ4v) is 5.12. The van der Waals surface area contributed by atoms with Gasteiger partial charge in [-0.2, -0.15) is 0 Å². The molecule has 0 bridgehead atoms. The van der Waals surface area contributed by atoms with Crippen LogP contribution in [-0.2, 0) is 4.74 Å². The third kappa shape index (κ3) is 4.93. The van der Waals surface area contributed by atoms with Crippen LogP contribution >= 0.6 is 0 Å². The molecule has 2 unspecified atom stereocenters. The molecular weight excluding hydrogens is 362 g/mol. The average Bonchev–Trinajstić information content (AvgIpc) is 3.39. The van der Waals surface area contributed by atoms with Crippen molar-refractivity contribution < 1.29 is 4.74 Å². The lowest BCUT2D eigenvalue weighted by Crippen LogP contribution is -2.47. The van der Waals surface area contributed by atoms with Gasteiger partial charge in [0.25, 0.3) is 0 Å². The Kier molecular flexibility index (Phi) is 6.73. The molecule has 0 amide bonds. The highest BCUT2D eigenvalue weighted by atomic mass is 16.5. The highest BCUT2D eigenvalue weighted by molar-refractivity contribution is 5.80. The quantitative estimate of drug-likeness (QED) is 0.466. The van der Waals surface area contributed by atoms with Crippen molar-refractivity contribution in [1.82, 2.24) is 20.0 Å². The molecular formula is C23H37N5O. The van der Waals surface area contributed by atoms with Gasteiger partial charge in [-0.1, -0.05) is 30.3 Å². The van der Waals surface area contributed by atoms with Crippen LogP contribution in [0.15, 0.2) is 35.3 Å². The molecule has 1 aromatic rings. The largest absolute Gasteiger partial charge is 0.381 e. The number of piperazine rings is 1. The summed E-state index contributed by atoms with van der Waals surface area (Å²) in [4.78, 5) is 12.1. The fourth-order valence-electron chi connectivity index (χ4n) is 5.12. The molecule has 0 saturated carbocycles. The minimum absolute atomic E-state index is 0.375. The SMILES string of the molecule is CN=C(NCCCN1CCN(C)CC1c1ccccc1)N1CCC2(CCOC2)C1. The number of likely N-dealkylation sites (tertiary alicyclic amines) is 1. The lowest BCUT2D eigenvalue weighted by Gasteiger charge is -2.40. The molecule has 29 heavy (non-hydrogen) atoms. The lowest BCUT2D eigenvalue weighted by molar-refractivity contribution is 0.0891. The standard InChI is InChI=1S/C23H37N5O/c1-24-22(28-13-9-23(18-28)10-16-29-19-23)25-11-6-12-27-15-14-26(2)17-21(27)20-7-4-3-5-8-20/h3-5,7-8,21H,6,9-19H2,1-2H3,(H,24,25). The number of benzene rings is 1. The molecule has 1 aromatic carbocycles. The lowest BCUT2D eigenvalue weighted by atomic mass is 9.87. The number of hydrogen-bond acceptors (Lipinski definition) is 4. The van der Waals surface area contributed by atoms with E-state index in [-0.39, 0.29) is 0 Å². The zero-order chi connectivity index (χ0) is 20.1. The van der Waals surface area contributed by atoms with Crippen molar-refractivity contribution >= 4 is 5.96 Å². The molecule has 4 rings (SSSR count). The Hall–Kier alpha value is -1.63. The second-order valence-corrected chi connectivity index (χ2v) is 9.03. The van der Waals surface area contributed by atoms with Crippen LogP contribution in [0.3, 0.4) is 0 Å². The van der Waals surface area contributed by atoms with Gasteiger partial charge in [0.1, 0.15) is 0 Å². The molecule has 6 heteroatoms. The van der Waals surface area contributed by atoms with Crippen molar-refractivity contribution in [3.63, 3.8) is 0 Å². The number of ether oxygens (including phenoxy) is 1. The van der Waals surface area contributed by atoms with E-state index < -0.39 is 0 Å². The minimum atomic E-state index is 0.375. The fraction of sp³-hybridized carbons (Fsp3) is 0.696. The Balaban J connectivity index is 1.25. The first-order chi connectivity index (χ1) is 14.2. The zero-order valence-corrected chi connectivity index (χ0v) is 18.1. The van der Waals surface area contributed by atoms with Crippen molar-refractivity contribution in [1.29, 1.82) is 0 Å². The molecule has 3 aliphatic rings. The highest BCUT2D eigenvalue weighted by Gasteiger charge is 2.42. The number of rotatable bonds is 5. The molecule has 3 heterocycles. The molecule has 0 aromatic heterocycles. The smallest absolute Gasteiger partial charge is 0.193 e. The zero-order valence-electron chi connectivity index (χ0n) is 18.1. The van der Waals surface area contributed by atoms with Crippen molar-refractivity contribution in [2.75, 3.05) is 73.1 Å². The summed E-state index contributed by atoms with van der Waals surface area (Å²) in [7, 11) is 4.14. The monoisotopic (exact) mass is 399 g/mol. The van der Waals surface area contributed by atoms with E-state index in [1.807, 2.05) is 7.05 Å². The molecule has 0 aliphatic carbocycles. The Morgan fingerprint density at radius 1 is 1.21 bits per heavy atom. The maximum atomic E-state index is 5.67. The first-order valence-corrected chi connectivity index (χ1v) is 11.2. The molecule has 2 atom stereocenters. The van der Waals surface area contributed by atoms with Crippen LogP contribution in [-0.4, -0.2) is 93.8 Å². The summed E-state index contributed by atoms with van der Waals surface area (Å²) in [5.41, 5.74) is 1.81. The predicted molar refractivity (Wildman–Crippen MR) is 118 cm³/mol. The van der Waals surface area contributed by atoms with E-state index in [1.54, 1.807) is 0 Å². The molecule has 3 saturated heterocycles. The van der Waals surface area contributed by atoms with Gasteiger partial charge in [0, 0.05) is 70.9 Å². The molecule has 160 valence electrons. The van der Waals surface area contributed by atoms with Gasteiger partial charge in [0.2, 0.25) is 0 Å². The third-order valence-electron chi connectivity index (χ3n) is 6.92. The average molecular weight is 400 g/mol. The number of nitrogens with zero attached hydrogens (tertiary/aromatic N) is 4. The van der Waals surface area contributed by atoms with E-state index in [0.717, 1.165) is 71.4 Å². The van der Waals surface area contributed by atoms with Crippen LogP contribution in [0, 0.1) is 5.41 Å². The minimum Gasteiger partial charge on any atom is -0.381 e. The number of nitrogens with one attached hydrogen (secondary N) is 1. The Labute approximate surface area is 175 Å². The molecule has 1 spiro atoms. The van der Waals surface area contributed by atoms with Crippen LogP contribution in [0.1, 0.15) is 30.9 Å². The summed E-state index contributed by atoms with van der Waals surface area (Å²) < 4.78 is 5.67. The number of guanidine groups is 1. The molecule has 3 aliphatic heterocycles. The maximum absolute atomic E-state index is 5.67. The van der Waals surface area contributed by atoms with E-state index in [9.17, 15) is 0 Å². The van der Waals surface area contributed by atoms with Crippen molar-refractivity contribution in [2.24, 2.45) is 10.4 Å². The third-order valence-corrected chi connectivity index (χ3v) is 6.92. The van der Waals surface area contributed by atoms with Gasteiger partial charge >= 0.3 is 0 Å². The summed E-state index contributed by atoms with van der Waals surface area (Å²) in [5.74, 6) is 1.06. The predicted octanol–water partition coefficient (Wildman–Crippen LogP) is 2.05. The Bertz CT molecular complexity index is 673. The second kappa shape index (κ2) is 9.45. The van der Waals surface area contributed by atoms with Crippen molar-refractivity contribution in [2.45, 2.75) is 25.3 Å². The molecule has 1 N–H and O–H groups in total. The number of aliphatic imine (C=N–C) groups is 1. The second-order valence-electron chi connectivity index (χ2n) is 9.03. The molecule has 3 fully saturated rings. The highest BCUT2D eigenvalue weighted by Crippen LogP contribution is 2.38. The van der Waals surface area contributed by atoms with Crippen LogP contribution in [0.25, 0.3) is 0 Å². The van der Waals surface area contributed by atoms with Gasteiger partial charge in [-0.15, -0.1) is 0 Å². The van der Waals surface area contributed by atoms with E-state index >= 15 is 0 Å². The van der Waals surface area contributed by atoms with Crippen molar-refractivity contribution in [3.05, 3.63) is 35.9 Å². The topological polar surface area (TPSA) is 43.3 Å². The normalized spacial score (nSPS) is 29.1. The van der Waals surface area contributed by atoms with Crippen LogP contribution in [0.2, 0.25) is 0 Å². The van der Waals surface area contributed by atoms with Gasteiger partial charge in [-0.3, -0.25) is 9.89 Å². The van der Waals surface area contributed by atoms with E-state index in [0.29, 0.717) is 11.5 Å². The van der Waals surface area contributed by atoms with Crippen molar-refractivity contribution in [3.8, 4) is 0 Å². The summed E-state index contributed by atoms with van der Waals surface area (Å²) in [5, 5.41) is 3.62. The summed E-state index contributed by atoms with van der Waals surface area (Å²) in [6, 6.07) is 11.5. The number of hydrogen-bond donors (Lipinski definition) is 1. The Morgan fingerprint density at radius 3 is 2.83 bits per heavy atom. The first-order valence-electron chi connectivity index (χ1n) is 11.2. The summed E-state index contributed by atoms with van der Waals surface area (Å²) in [6.07, 6.45) is 3.56. The summed E-state index contributed by atoms with van der Waals surface area (Å²) >= 11 is 0. The van der Waals surface area contributed by atoms with Gasteiger partial charge in [0.15, 0.2) is 5.96 Å². The van der Waals surface area contributed by atoms with Gasteiger partial charge in [-0.25, -0.2) is 0 Å². The summed E-state index contributed by atoms with van der Waals surface area (Å²) in [6.45, 7) is 9.51. The van der Waals surface area contributed by atoms with E-state index in [1.165, 1.54) is 18.4 Å². The van der Waals surface area contributed by atoms with Crippen LogP contribution < -0.4 is 5.32 Å². The first kappa shape index (κ1) is 20.6.